The number of nitrogens with zero attached hydrogens (tertiary/aromatic N) is 5. The molecule has 158 valence electrons. The third-order valence-electron chi connectivity index (χ3n) is 6.07. The zero-order chi connectivity index (χ0) is 21.1. The normalized spacial score (nSPS) is 14.5. The maximum Gasteiger partial charge on any atom is 0.172 e. The van der Waals surface area contributed by atoms with Crippen molar-refractivity contribution in [3.05, 3.63) is 53.4 Å². The van der Waals surface area contributed by atoms with Gasteiger partial charge >= 0.3 is 0 Å². The molecular weight excluding hydrogens is 396 g/mol. The Balaban J connectivity index is 1.63. The molecule has 0 bridgehead atoms. The van der Waals surface area contributed by atoms with Crippen molar-refractivity contribution in [3.8, 4) is 11.4 Å². The van der Waals surface area contributed by atoms with Crippen LogP contribution in [-0.2, 0) is 6.54 Å². The molecule has 1 atom stereocenters. The van der Waals surface area contributed by atoms with E-state index in [1.165, 1.54) is 12.8 Å². The molecule has 0 aliphatic carbocycles. The molecule has 0 saturated carbocycles. The summed E-state index contributed by atoms with van der Waals surface area (Å²) in [4.78, 5) is 6.94. The monoisotopic (exact) mass is 424 g/mol. The second-order valence-corrected chi connectivity index (χ2v) is 8.33. The average molecular weight is 425 g/mol. The molecule has 1 unspecified atom stereocenters. The van der Waals surface area contributed by atoms with Crippen molar-refractivity contribution < 1.29 is 0 Å². The minimum absolute atomic E-state index is 0.129. The van der Waals surface area contributed by atoms with E-state index in [0.717, 1.165) is 53.1 Å². The number of fused-ring (bicyclic) bond motifs is 1. The van der Waals surface area contributed by atoms with Crippen molar-refractivity contribution in [1.82, 2.24) is 19.7 Å². The third-order valence-corrected chi connectivity index (χ3v) is 6.41. The first-order valence-corrected chi connectivity index (χ1v) is 11.1. The number of benzene rings is 1. The standard InChI is InChI=1S/C23H29ClN6/c1-4-17(5-2)13-29-14-21(26-15-29)20-12-22-23(28-27-20)25-10-11-30(22)16(3)18-8-6-7-9-19(18)24/h6-9,12,14-17H,4-5,10-11,13H2,1-3H3,(H,25,28). The highest BCUT2D eigenvalue weighted by atomic mass is 35.5. The molecule has 1 aliphatic rings. The molecule has 1 aliphatic heterocycles. The highest BCUT2D eigenvalue weighted by molar-refractivity contribution is 6.31. The molecule has 6 nitrogen and oxygen atoms in total. The Morgan fingerprint density at radius 3 is 2.70 bits per heavy atom. The lowest BCUT2D eigenvalue weighted by atomic mass is 10.0. The minimum atomic E-state index is 0.129. The minimum Gasteiger partial charge on any atom is -0.365 e. The number of nitrogens with one attached hydrogen (secondary N) is 1. The lowest BCUT2D eigenvalue weighted by Crippen LogP contribution is -2.36. The van der Waals surface area contributed by atoms with E-state index in [1.54, 1.807) is 0 Å². The van der Waals surface area contributed by atoms with Gasteiger partial charge < -0.3 is 14.8 Å². The van der Waals surface area contributed by atoms with Gasteiger partial charge in [0.2, 0.25) is 0 Å². The molecule has 0 saturated heterocycles. The molecule has 0 radical (unpaired) electrons. The van der Waals surface area contributed by atoms with Crippen LogP contribution in [0.5, 0.6) is 0 Å². The lowest BCUT2D eigenvalue weighted by Gasteiger charge is -2.36. The van der Waals surface area contributed by atoms with Crippen molar-refractivity contribution >= 4 is 23.1 Å². The largest absolute Gasteiger partial charge is 0.365 e. The van der Waals surface area contributed by atoms with E-state index in [-0.39, 0.29) is 6.04 Å². The van der Waals surface area contributed by atoms with Gasteiger partial charge in [-0.3, -0.25) is 0 Å². The smallest absolute Gasteiger partial charge is 0.172 e. The molecule has 0 fully saturated rings. The fraction of sp³-hybridized carbons (Fsp3) is 0.435. The number of aromatic nitrogens is 4. The molecule has 4 rings (SSSR count). The highest BCUT2D eigenvalue weighted by Gasteiger charge is 2.26. The average Bonchev–Trinajstić information content (AvgIpc) is 3.25. The van der Waals surface area contributed by atoms with Crippen LogP contribution in [0.25, 0.3) is 11.4 Å². The van der Waals surface area contributed by atoms with Crippen molar-refractivity contribution in [1.29, 1.82) is 0 Å². The van der Waals surface area contributed by atoms with Crippen LogP contribution in [-0.4, -0.2) is 32.8 Å². The molecule has 30 heavy (non-hydrogen) atoms. The Hall–Kier alpha value is -2.60. The third kappa shape index (κ3) is 4.15. The number of rotatable bonds is 7. The van der Waals surface area contributed by atoms with E-state index in [0.29, 0.717) is 5.92 Å². The summed E-state index contributed by atoms with van der Waals surface area (Å²) >= 11 is 6.48. The van der Waals surface area contributed by atoms with Gasteiger partial charge in [-0.2, -0.15) is 0 Å². The second-order valence-electron chi connectivity index (χ2n) is 7.92. The number of imidazole rings is 1. The number of anilines is 2. The van der Waals surface area contributed by atoms with Gasteiger partial charge in [-0.05, 0) is 30.5 Å². The van der Waals surface area contributed by atoms with E-state index in [2.05, 4.69) is 69.1 Å². The van der Waals surface area contributed by atoms with Crippen LogP contribution >= 0.6 is 11.6 Å². The summed E-state index contributed by atoms with van der Waals surface area (Å²) in [7, 11) is 0. The van der Waals surface area contributed by atoms with Gasteiger partial charge in [0.25, 0.3) is 0 Å². The van der Waals surface area contributed by atoms with Crippen LogP contribution in [0.2, 0.25) is 5.02 Å². The maximum absolute atomic E-state index is 6.48. The quantitative estimate of drug-likeness (QED) is 0.548. The Morgan fingerprint density at radius 2 is 1.93 bits per heavy atom. The number of halogens is 1. The lowest BCUT2D eigenvalue weighted by molar-refractivity contribution is 0.418. The predicted octanol–water partition coefficient (Wildman–Crippen LogP) is 5.42. The SMILES string of the molecule is CCC(CC)Cn1cnc(-c2cc3c(nn2)NCCN3C(C)c2ccccc2Cl)c1. The van der Waals surface area contributed by atoms with Crippen LogP contribution in [0.4, 0.5) is 11.5 Å². The Bertz CT molecular complexity index is 997. The van der Waals surface area contributed by atoms with Crippen molar-refractivity contribution in [2.24, 2.45) is 5.92 Å². The summed E-state index contributed by atoms with van der Waals surface area (Å²) in [6.07, 6.45) is 6.32. The fourth-order valence-electron chi connectivity index (χ4n) is 4.09. The van der Waals surface area contributed by atoms with E-state index >= 15 is 0 Å². The zero-order valence-corrected chi connectivity index (χ0v) is 18.6. The topological polar surface area (TPSA) is 58.9 Å². The Labute approximate surface area is 183 Å². The molecule has 3 aromatic rings. The Morgan fingerprint density at radius 1 is 1.13 bits per heavy atom. The van der Waals surface area contributed by atoms with E-state index in [1.807, 2.05) is 24.5 Å². The van der Waals surface area contributed by atoms with Crippen LogP contribution in [0.3, 0.4) is 0 Å². The molecule has 1 aromatic carbocycles. The van der Waals surface area contributed by atoms with Gasteiger partial charge in [0.05, 0.1) is 18.1 Å². The highest BCUT2D eigenvalue weighted by Crippen LogP contribution is 2.37. The number of hydrogen-bond acceptors (Lipinski definition) is 5. The molecular formula is C23H29ClN6. The van der Waals surface area contributed by atoms with Gasteiger partial charge in [-0.15, -0.1) is 10.2 Å². The van der Waals surface area contributed by atoms with E-state index < -0.39 is 0 Å². The molecule has 1 N–H and O–H groups in total. The zero-order valence-electron chi connectivity index (χ0n) is 17.8. The second kappa shape index (κ2) is 9.04. The summed E-state index contributed by atoms with van der Waals surface area (Å²) in [6, 6.07) is 10.2. The summed E-state index contributed by atoms with van der Waals surface area (Å²) in [5, 5.41) is 13.0. The first-order valence-electron chi connectivity index (χ1n) is 10.8. The molecule has 3 heterocycles. The van der Waals surface area contributed by atoms with E-state index in [4.69, 9.17) is 11.6 Å². The summed E-state index contributed by atoms with van der Waals surface area (Å²) < 4.78 is 2.16. The van der Waals surface area contributed by atoms with E-state index in [9.17, 15) is 0 Å². The van der Waals surface area contributed by atoms with Gasteiger partial charge in [0, 0.05) is 30.9 Å². The first-order chi connectivity index (χ1) is 14.6. The van der Waals surface area contributed by atoms with Crippen LogP contribution in [0.1, 0.15) is 45.2 Å². The fourth-order valence-corrected chi connectivity index (χ4v) is 4.38. The number of hydrogen-bond donors (Lipinski definition) is 1. The molecule has 0 amide bonds. The first kappa shape index (κ1) is 20.7. The summed E-state index contributed by atoms with van der Waals surface area (Å²) in [6.45, 7) is 9.33. The predicted molar refractivity (Wildman–Crippen MR) is 123 cm³/mol. The van der Waals surface area contributed by atoms with Gasteiger partial charge in [0.1, 0.15) is 11.4 Å². The van der Waals surface area contributed by atoms with Gasteiger partial charge in [0.15, 0.2) is 5.82 Å². The van der Waals surface area contributed by atoms with Gasteiger partial charge in [-0.25, -0.2) is 4.98 Å². The van der Waals surface area contributed by atoms with Crippen molar-refractivity contribution in [2.45, 2.75) is 46.2 Å². The van der Waals surface area contributed by atoms with Crippen LogP contribution in [0, 0.1) is 5.92 Å². The maximum atomic E-state index is 6.48. The summed E-state index contributed by atoms with van der Waals surface area (Å²) in [5.41, 5.74) is 3.79. The van der Waals surface area contributed by atoms with Gasteiger partial charge in [-0.1, -0.05) is 56.5 Å². The van der Waals surface area contributed by atoms with Crippen molar-refractivity contribution in [2.75, 3.05) is 23.3 Å². The Kier molecular flexibility index (Phi) is 6.23. The molecule has 0 spiro atoms. The van der Waals surface area contributed by atoms with Crippen LogP contribution in [0.15, 0.2) is 42.9 Å². The van der Waals surface area contributed by atoms with Crippen LogP contribution < -0.4 is 10.2 Å². The van der Waals surface area contributed by atoms with Crippen molar-refractivity contribution in [3.63, 3.8) is 0 Å². The molecule has 2 aromatic heterocycles. The molecule has 7 heteroatoms. The summed E-state index contributed by atoms with van der Waals surface area (Å²) in [5.74, 6) is 1.47.